The standard InChI is InChI=1S/C6H8O7.C4H6NS/c7-3(8)1-6(13,5(11)12)2-4(9)10;1-5-2-3-6-4-5/h13H,1-2H2,(H,7,8)(H,9,10)(H,11,12);2-4H,1H3/q;+1/p-1. The smallest absolute Gasteiger partial charge is 0.306 e. The highest BCUT2D eigenvalue weighted by atomic mass is 32.1. The van der Waals surface area contributed by atoms with Gasteiger partial charge in [0, 0.05) is 0 Å². The maximum atomic E-state index is 10.2. The summed E-state index contributed by atoms with van der Waals surface area (Å²) in [6.45, 7) is 0. The summed E-state index contributed by atoms with van der Waals surface area (Å²) in [5, 5.41) is 37.6. The number of aromatic nitrogens is 1. The van der Waals surface area contributed by atoms with Crippen LogP contribution in [0.1, 0.15) is 12.8 Å². The number of hydrogen-bond donors (Lipinski definition) is 3. The molecule has 0 unspecified atom stereocenters. The van der Waals surface area contributed by atoms with Gasteiger partial charge in [0.1, 0.15) is 12.6 Å². The molecule has 0 aliphatic rings. The second kappa shape index (κ2) is 7.44. The van der Waals surface area contributed by atoms with Gasteiger partial charge in [0.25, 0.3) is 0 Å². The molecule has 8 nitrogen and oxygen atoms in total. The maximum Gasteiger partial charge on any atom is 0.306 e. The van der Waals surface area contributed by atoms with E-state index in [0.717, 1.165) is 0 Å². The molecule has 9 heteroatoms. The SMILES string of the molecule is C[n+]1ccsc1.O=C(O)CC(O)(CC(=O)O)C(=O)[O-]. The van der Waals surface area contributed by atoms with Gasteiger partial charge in [-0.1, -0.05) is 11.3 Å². The largest absolute Gasteiger partial charge is 0.547 e. The molecule has 106 valence electrons. The summed E-state index contributed by atoms with van der Waals surface area (Å²) >= 11 is 1.70. The molecule has 0 aliphatic heterocycles. The average Bonchev–Trinajstić information content (AvgIpc) is 2.67. The van der Waals surface area contributed by atoms with Crippen LogP contribution in [0.4, 0.5) is 0 Å². The molecule has 0 aliphatic carbocycles. The predicted molar refractivity (Wildman–Crippen MR) is 60.0 cm³/mol. The van der Waals surface area contributed by atoms with E-state index in [-0.39, 0.29) is 0 Å². The molecule has 1 aromatic rings. The zero-order valence-corrected chi connectivity index (χ0v) is 10.8. The van der Waals surface area contributed by atoms with Crippen LogP contribution in [0, 0.1) is 0 Å². The lowest BCUT2D eigenvalue weighted by molar-refractivity contribution is -0.666. The highest BCUT2D eigenvalue weighted by molar-refractivity contribution is 7.07. The number of rotatable bonds is 5. The number of nitrogens with zero attached hydrogens (tertiary/aromatic N) is 1. The van der Waals surface area contributed by atoms with Gasteiger partial charge in [-0.25, -0.2) is 0 Å². The minimum atomic E-state index is -2.85. The Kier molecular flexibility index (Phi) is 6.66. The minimum absolute atomic E-state index is 1.21. The van der Waals surface area contributed by atoms with Crippen molar-refractivity contribution < 1.29 is 39.4 Å². The van der Waals surface area contributed by atoms with Crippen molar-refractivity contribution >= 4 is 29.2 Å². The van der Waals surface area contributed by atoms with E-state index in [1.54, 1.807) is 11.3 Å². The van der Waals surface area contributed by atoms with Gasteiger partial charge in [-0.05, 0) is 0 Å². The monoisotopic (exact) mass is 291 g/mol. The first-order valence-corrected chi connectivity index (χ1v) is 5.86. The Bertz CT molecular complexity index is 427. The lowest BCUT2D eigenvalue weighted by Gasteiger charge is -2.25. The summed E-state index contributed by atoms with van der Waals surface area (Å²) in [6.07, 6.45) is -0.395. The fraction of sp³-hybridized carbons (Fsp3) is 0.400. The predicted octanol–water partition coefficient (Wildman–Crippen LogP) is -2.01. The number of aliphatic carboxylic acids is 3. The Balaban J connectivity index is 0.000000443. The molecule has 0 spiro atoms. The van der Waals surface area contributed by atoms with Gasteiger partial charge in [0.05, 0.1) is 24.2 Å². The first-order valence-electron chi connectivity index (χ1n) is 4.92. The number of thiazole rings is 1. The summed E-state index contributed by atoms with van der Waals surface area (Å²) < 4.78 is 2.02. The zero-order chi connectivity index (χ0) is 15.1. The quantitative estimate of drug-likeness (QED) is 0.532. The Hall–Kier alpha value is -2.00. The summed E-state index contributed by atoms with van der Waals surface area (Å²) in [7, 11) is 2.01. The molecule has 0 saturated carbocycles. The number of carbonyl (C=O) groups is 3. The molecule has 0 atom stereocenters. The molecular formula is C10H13NO7S. The van der Waals surface area contributed by atoms with Crippen molar-refractivity contribution in [3.8, 4) is 0 Å². The van der Waals surface area contributed by atoms with Crippen LogP contribution in [-0.2, 0) is 21.4 Å². The van der Waals surface area contributed by atoms with E-state index in [2.05, 4.69) is 0 Å². The highest BCUT2D eigenvalue weighted by Crippen LogP contribution is 2.14. The minimum Gasteiger partial charge on any atom is -0.547 e. The topological polar surface area (TPSA) is 139 Å². The Morgan fingerprint density at radius 2 is 1.74 bits per heavy atom. The molecule has 0 bridgehead atoms. The van der Waals surface area contributed by atoms with Crippen LogP contribution in [0.15, 0.2) is 17.1 Å². The van der Waals surface area contributed by atoms with E-state index in [1.165, 1.54) is 0 Å². The molecule has 3 N–H and O–H groups in total. The van der Waals surface area contributed by atoms with E-state index in [4.69, 9.17) is 15.3 Å². The molecular weight excluding hydrogens is 278 g/mol. The van der Waals surface area contributed by atoms with E-state index in [0.29, 0.717) is 0 Å². The van der Waals surface area contributed by atoms with Gasteiger partial charge in [0.15, 0.2) is 6.20 Å². The summed E-state index contributed by atoms with van der Waals surface area (Å²) in [5.74, 6) is -5.35. The van der Waals surface area contributed by atoms with Gasteiger partial charge in [-0.15, -0.1) is 0 Å². The molecule has 1 rings (SSSR count). The van der Waals surface area contributed by atoms with Gasteiger partial charge in [-0.3, -0.25) is 9.59 Å². The van der Waals surface area contributed by atoms with Gasteiger partial charge in [-0.2, -0.15) is 4.57 Å². The third-order valence-corrected chi connectivity index (χ3v) is 2.60. The van der Waals surface area contributed by atoms with Crippen LogP contribution in [0.25, 0.3) is 0 Å². The van der Waals surface area contributed by atoms with E-state index in [9.17, 15) is 19.5 Å². The third-order valence-electron chi connectivity index (χ3n) is 1.87. The number of carbonyl (C=O) groups excluding carboxylic acids is 1. The Morgan fingerprint density at radius 3 is 1.89 bits per heavy atom. The first-order chi connectivity index (χ1) is 8.67. The average molecular weight is 291 g/mol. The molecule has 0 fully saturated rings. The van der Waals surface area contributed by atoms with Crippen molar-refractivity contribution in [1.29, 1.82) is 0 Å². The molecule has 0 amide bonds. The second-order valence-corrected chi connectivity index (χ2v) is 4.41. The number of carboxylic acids is 3. The normalized spacial score (nSPS) is 10.2. The molecule has 0 saturated heterocycles. The van der Waals surface area contributed by atoms with Crippen molar-refractivity contribution in [2.45, 2.75) is 18.4 Å². The maximum absolute atomic E-state index is 10.2. The number of hydrogen-bond acceptors (Lipinski definition) is 6. The van der Waals surface area contributed by atoms with Crippen molar-refractivity contribution in [3.63, 3.8) is 0 Å². The van der Waals surface area contributed by atoms with Crippen LogP contribution in [0.2, 0.25) is 0 Å². The summed E-state index contributed by atoms with van der Waals surface area (Å²) in [6, 6.07) is 0. The Morgan fingerprint density at radius 1 is 1.26 bits per heavy atom. The molecule has 19 heavy (non-hydrogen) atoms. The van der Waals surface area contributed by atoms with E-state index in [1.807, 2.05) is 28.7 Å². The molecule has 0 aromatic carbocycles. The lowest BCUT2D eigenvalue weighted by Crippen LogP contribution is -2.51. The third kappa shape index (κ3) is 7.11. The number of aryl methyl sites for hydroxylation is 1. The second-order valence-electron chi connectivity index (χ2n) is 3.65. The first kappa shape index (κ1) is 17.0. The molecule has 0 radical (unpaired) electrons. The fourth-order valence-corrected chi connectivity index (χ4v) is 1.60. The lowest BCUT2D eigenvalue weighted by atomic mass is 9.96. The van der Waals surface area contributed by atoms with Crippen LogP contribution in [0.3, 0.4) is 0 Å². The van der Waals surface area contributed by atoms with Crippen LogP contribution < -0.4 is 9.67 Å². The van der Waals surface area contributed by atoms with Gasteiger partial charge >= 0.3 is 11.9 Å². The van der Waals surface area contributed by atoms with Gasteiger partial charge < -0.3 is 25.2 Å². The van der Waals surface area contributed by atoms with Crippen LogP contribution in [0.5, 0.6) is 0 Å². The van der Waals surface area contributed by atoms with Crippen molar-refractivity contribution in [2.75, 3.05) is 0 Å². The highest BCUT2D eigenvalue weighted by Gasteiger charge is 2.34. The van der Waals surface area contributed by atoms with Crippen molar-refractivity contribution in [3.05, 3.63) is 17.1 Å². The Labute approximate surface area is 112 Å². The van der Waals surface area contributed by atoms with E-state index < -0.39 is 36.4 Å². The molecule has 1 aromatic heterocycles. The van der Waals surface area contributed by atoms with Gasteiger partial charge in [0.2, 0.25) is 5.51 Å². The van der Waals surface area contributed by atoms with Crippen LogP contribution in [-0.4, -0.2) is 38.8 Å². The summed E-state index contributed by atoms with van der Waals surface area (Å²) in [4.78, 5) is 30.3. The molecule has 1 heterocycles. The van der Waals surface area contributed by atoms with Crippen LogP contribution >= 0.6 is 11.3 Å². The van der Waals surface area contributed by atoms with E-state index >= 15 is 0 Å². The zero-order valence-electron chi connectivity index (χ0n) is 9.98. The fourth-order valence-electron chi connectivity index (χ4n) is 1.00. The van der Waals surface area contributed by atoms with Crippen molar-refractivity contribution in [1.82, 2.24) is 0 Å². The number of carboxylic acid groups (broad SMARTS) is 3. The summed E-state index contributed by atoms with van der Waals surface area (Å²) in [5.41, 5.74) is -0.808. The van der Waals surface area contributed by atoms with Crippen molar-refractivity contribution in [2.24, 2.45) is 7.05 Å². The number of aliphatic hydroxyl groups is 1.